The molecule has 0 saturated carbocycles. The first-order chi connectivity index (χ1) is 6.38. The third-order valence-electron chi connectivity index (χ3n) is 2.59. The fourth-order valence-corrected chi connectivity index (χ4v) is 2.64. The highest BCUT2D eigenvalue weighted by Gasteiger charge is 2.15. The first kappa shape index (κ1) is 9.46. The molecule has 1 aromatic carbocycles. The molecule has 0 amide bonds. The Bertz CT molecular complexity index is 279. The van der Waals surface area contributed by atoms with Crippen LogP contribution < -0.4 is 5.32 Å². The van der Waals surface area contributed by atoms with Gasteiger partial charge in [-0.3, -0.25) is 0 Å². The van der Waals surface area contributed by atoms with Gasteiger partial charge in [0.1, 0.15) is 0 Å². The van der Waals surface area contributed by atoms with Crippen LogP contribution in [0.5, 0.6) is 0 Å². The van der Waals surface area contributed by atoms with Crippen LogP contribution in [0.3, 0.4) is 0 Å². The highest BCUT2D eigenvalue weighted by atomic mass is 127. The van der Waals surface area contributed by atoms with Crippen LogP contribution in [0, 0.1) is 3.57 Å². The van der Waals surface area contributed by atoms with E-state index in [-0.39, 0.29) is 0 Å². The minimum Gasteiger partial charge on any atom is -0.310 e. The molecule has 1 N–H and O–H groups in total. The van der Waals surface area contributed by atoms with E-state index in [0.29, 0.717) is 6.04 Å². The molecule has 0 aromatic heterocycles. The van der Waals surface area contributed by atoms with Crippen LogP contribution in [-0.2, 0) is 0 Å². The van der Waals surface area contributed by atoms with E-state index in [1.165, 1.54) is 34.9 Å². The van der Waals surface area contributed by atoms with E-state index in [2.05, 4.69) is 52.2 Å². The number of halogens is 1. The van der Waals surface area contributed by atoms with Crippen molar-refractivity contribution in [2.45, 2.75) is 25.3 Å². The molecule has 1 fully saturated rings. The Morgan fingerprint density at radius 2 is 2.08 bits per heavy atom. The van der Waals surface area contributed by atoms with Crippen molar-refractivity contribution >= 4 is 22.6 Å². The molecule has 13 heavy (non-hydrogen) atoms. The van der Waals surface area contributed by atoms with Crippen LogP contribution >= 0.6 is 22.6 Å². The highest BCUT2D eigenvalue weighted by Crippen LogP contribution is 2.26. The zero-order valence-electron chi connectivity index (χ0n) is 7.59. The maximum absolute atomic E-state index is 3.57. The second-order valence-corrected chi connectivity index (χ2v) is 4.69. The second-order valence-electron chi connectivity index (χ2n) is 3.52. The Morgan fingerprint density at radius 1 is 1.23 bits per heavy atom. The smallest absolute Gasteiger partial charge is 0.0330 e. The van der Waals surface area contributed by atoms with E-state index in [1.54, 1.807) is 0 Å². The van der Waals surface area contributed by atoms with Crippen LogP contribution in [0.15, 0.2) is 24.3 Å². The molecule has 2 rings (SSSR count). The summed E-state index contributed by atoms with van der Waals surface area (Å²) in [5.41, 5.74) is 1.47. The van der Waals surface area contributed by atoms with Crippen molar-refractivity contribution in [1.82, 2.24) is 5.32 Å². The molecule has 0 aliphatic carbocycles. The maximum atomic E-state index is 3.57. The lowest BCUT2D eigenvalue weighted by molar-refractivity contribution is 0.411. The molecule has 0 radical (unpaired) electrons. The third kappa shape index (κ3) is 2.23. The molecule has 0 unspecified atom stereocenters. The van der Waals surface area contributed by atoms with Gasteiger partial charge >= 0.3 is 0 Å². The van der Waals surface area contributed by atoms with Gasteiger partial charge in [-0.2, -0.15) is 0 Å². The van der Waals surface area contributed by atoms with Gasteiger partial charge in [-0.15, -0.1) is 0 Å². The predicted molar refractivity (Wildman–Crippen MR) is 63.8 cm³/mol. The van der Waals surface area contributed by atoms with Crippen molar-refractivity contribution in [2.24, 2.45) is 0 Å². The number of rotatable bonds is 1. The van der Waals surface area contributed by atoms with Crippen molar-refractivity contribution < 1.29 is 0 Å². The molecule has 2 heteroatoms. The van der Waals surface area contributed by atoms with Crippen molar-refractivity contribution in [3.63, 3.8) is 0 Å². The minimum atomic E-state index is 0.599. The normalized spacial score (nSPS) is 23.0. The quantitative estimate of drug-likeness (QED) is 0.783. The molecular formula is C11H14IN. The van der Waals surface area contributed by atoms with Gasteiger partial charge in [0.05, 0.1) is 0 Å². The molecule has 70 valence electrons. The molecule has 1 nitrogen and oxygen atoms in total. The van der Waals surface area contributed by atoms with Crippen LogP contribution in [0.2, 0.25) is 0 Å². The molecule has 1 aromatic rings. The average Bonchev–Trinajstić information content (AvgIpc) is 2.20. The first-order valence-corrected chi connectivity index (χ1v) is 5.93. The van der Waals surface area contributed by atoms with Gasteiger partial charge in [0, 0.05) is 9.61 Å². The summed E-state index contributed by atoms with van der Waals surface area (Å²) >= 11 is 2.42. The Kier molecular flexibility index (Phi) is 3.22. The van der Waals surface area contributed by atoms with Gasteiger partial charge in [0.15, 0.2) is 0 Å². The van der Waals surface area contributed by atoms with Gasteiger partial charge in [-0.05, 0) is 53.6 Å². The van der Waals surface area contributed by atoms with Gasteiger partial charge in [-0.1, -0.05) is 24.6 Å². The maximum Gasteiger partial charge on any atom is 0.0330 e. The van der Waals surface area contributed by atoms with E-state index in [0.717, 1.165) is 0 Å². The Balaban J connectivity index is 2.18. The van der Waals surface area contributed by atoms with Crippen LogP contribution in [0.1, 0.15) is 30.9 Å². The summed E-state index contributed by atoms with van der Waals surface area (Å²) in [6, 6.07) is 9.26. The molecule has 1 saturated heterocycles. The summed E-state index contributed by atoms with van der Waals surface area (Å²) in [5.74, 6) is 0. The number of hydrogen-bond donors (Lipinski definition) is 1. The van der Waals surface area contributed by atoms with Crippen LogP contribution in [0.25, 0.3) is 0 Å². The monoisotopic (exact) mass is 287 g/mol. The second kappa shape index (κ2) is 4.42. The number of hydrogen-bond acceptors (Lipinski definition) is 1. The third-order valence-corrected chi connectivity index (χ3v) is 3.57. The molecule has 0 spiro atoms. The highest BCUT2D eigenvalue weighted by molar-refractivity contribution is 14.1. The summed E-state index contributed by atoms with van der Waals surface area (Å²) in [6.07, 6.45) is 3.99. The summed E-state index contributed by atoms with van der Waals surface area (Å²) in [5, 5.41) is 3.57. The van der Waals surface area contributed by atoms with E-state index >= 15 is 0 Å². The van der Waals surface area contributed by atoms with Gasteiger partial charge in [0.25, 0.3) is 0 Å². The summed E-state index contributed by atoms with van der Waals surface area (Å²) in [7, 11) is 0. The van der Waals surface area contributed by atoms with E-state index in [4.69, 9.17) is 0 Å². The summed E-state index contributed by atoms with van der Waals surface area (Å²) in [4.78, 5) is 0. The van der Waals surface area contributed by atoms with Crippen molar-refractivity contribution in [3.05, 3.63) is 33.4 Å². The Morgan fingerprint density at radius 3 is 2.77 bits per heavy atom. The zero-order chi connectivity index (χ0) is 9.10. The molecular weight excluding hydrogens is 273 g/mol. The van der Waals surface area contributed by atoms with E-state index in [1.807, 2.05) is 0 Å². The molecule has 1 heterocycles. The van der Waals surface area contributed by atoms with Gasteiger partial charge in [0.2, 0.25) is 0 Å². The minimum absolute atomic E-state index is 0.599. The van der Waals surface area contributed by atoms with E-state index in [9.17, 15) is 0 Å². The largest absolute Gasteiger partial charge is 0.310 e. The fraction of sp³-hybridized carbons (Fsp3) is 0.455. The standard InChI is InChI=1S/C11H14IN/c12-10-6-2-1-5-9(10)11-7-3-4-8-13-11/h1-2,5-6,11,13H,3-4,7-8H2/t11-/m0/s1. The number of nitrogens with one attached hydrogen (secondary N) is 1. The van der Waals surface area contributed by atoms with Gasteiger partial charge in [-0.25, -0.2) is 0 Å². The molecule has 0 bridgehead atoms. The van der Waals surface area contributed by atoms with Gasteiger partial charge < -0.3 is 5.32 Å². The molecule has 1 aliphatic heterocycles. The lowest BCUT2D eigenvalue weighted by atomic mass is 9.98. The summed E-state index contributed by atoms with van der Waals surface area (Å²) < 4.78 is 1.39. The Labute approximate surface area is 93.1 Å². The Hall–Kier alpha value is -0.0900. The van der Waals surface area contributed by atoms with Crippen molar-refractivity contribution in [3.8, 4) is 0 Å². The SMILES string of the molecule is Ic1ccccc1[C@@H]1CCCCN1. The van der Waals surface area contributed by atoms with Crippen LogP contribution in [-0.4, -0.2) is 6.54 Å². The predicted octanol–water partition coefficient (Wildman–Crippen LogP) is 3.11. The number of piperidine rings is 1. The van der Waals surface area contributed by atoms with Crippen molar-refractivity contribution in [2.75, 3.05) is 6.54 Å². The summed E-state index contributed by atoms with van der Waals surface area (Å²) in [6.45, 7) is 1.18. The number of benzene rings is 1. The average molecular weight is 287 g/mol. The molecule has 1 atom stereocenters. The first-order valence-electron chi connectivity index (χ1n) is 4.86. The fourth-order valence-electron chi connectivity index (χ4n) is 1.87. The topological polar surface area (TPSA) is 12.0 Å². The van der Waals surface area contributed by atoms with Crippen molar-refractivity contribution in [1.29, 1.82) is 0 Å². The lowest BCUT2D eigenvalue weighted by Crippen LogP contribution is -2.27. The molecule has 1 aliphatic rings. The zero-order valence-corrected chi connectivity index (χ0v) is 9.75. The van der Waals surface area contributed by atoms with E-state index < -0.39 is 0 Å². The van der Waals surface area contributed by atoms with Crippen LogP contribution in [0.4, 0.5) is 0 Å². The lowest BCUT2D eigenvalue weighted by Gasteiger charge is -2.24.